The Bertz CT molecular complexity index is 781. The van der Waals surface area contributed by atoms with E-state index in [2.05, 4.69) is 15.1 Å². The number of piperazine rings is 1. The summed E-state index contributed by atoms with van der Waals surface area (Å²) in [6.07, 6.45) is 0. The second kappa shape index (κ2) is 8.01. The van der Waals surface area contributed by atoms with Crippen LogP contribution in [-0.4, -0.2) is 54.4 Å². The number of aromatic hydroxyl groups is 1. The molecule has 6 heteroatoms. The SMILES string of the molecule is CC(=O)c1cccc(NC(=O)CN2CCN(c3ccc(O)cc3)CC2)c1. The van der Waals surface area contributed by atoms with Crippen molar-refractivity contribution in [3.05, 3.63) is 54.1 Å². The fourth-order valence-electron chi connectivity index (χ4n) is 3.05. The summed E-state index contributed by atoms with van der Waals surface area (Å²) >= 11 is 0. The number of nitrogens with zero attached hydrogens (tertiary/aromatic N) is 2. The topological polar surface area (TPSA) is 72.9 Å². The van der Waals surface area contributed by atoms with E-state index in [1.807, 2.05) is 12.1 Å². The van der Waals surface area contributed by atoms with Gasteiger partial charge in [-0.15, -0.1) is 0 Å². The van der Waals surface area contributed by atoms with Crippen molar-refractivity contribution in [2.45, 2.75) is 6.92 Å². The molecule has 1 saturated heterocycles. The Morgan fingerprint density at radius 3 is 2.38 bits per heavy atom. The van der Waals surface area contributed by atoms with Gasteiger partial charge in [0.1, 0.15) is 5.75 Å². The first kappa shape index (κ1) is 17.9. The molecule has 2 aromatic carbocycles. The zero-order chi connectivity index (χ0) is 18.5. The molecule has 136 valence electrons. The highest BCUT2D eigenvalue weighted by atomic mass is 16.3. The molecule has 2 N–H and O–H groups in total. The Hall–Kier alpha value is -2.86. The molecule has 2 aromatic rings. The van der Waals surface area contributed by atoms with E-state index in [1.54, 1.807) is 36.4 Å². The third kappa shape index (κ3) is 4.61. The van der Waals surface area contributed by atoms with E-state index in [1.165, 1.54) is 6.92 Å². The number of hydrogen-bond acceptors (Lipinski definition) is 5. The summed E-state index contributed by atoms with van der Waals surface area (Å²) in [4.78, 5) is 28.1. The van der Waals surface area contributed by atoms with Crippen LogP contribution < -0.4 is 10.2 Å². The zero-order valence-corrected chi connectivity index (χ0v) is 14.8. The van der Waals surface area contributed by atoms with Gasteiger partial charge < -0.3 is 15.3 Å². The van der Waals surface area contributed by atoms with Crippen molar-refractivity contribution in [3.63, 3.8) is 0 Å². The minimum atomic E-state index is -0.0798. The third-order valence-corrected chi connectivity index (χ3v) is 4.51. The number of nitrogens with one attached hydrogen (secondary N) is 1. The lowest BCUT2D eigenvalue weighted by atomic mass is 10.1. The first-order chi connectivity index (χ1) is 12.5. The van der Waals surface area contributed by atoms with Gasteiger partial charge in [-0.1, -0.05) is 12.1 Å². The second-order valence-electron chi connectivity index (χ2n) is 6.46. The molecule has 1 aliphatic rings. The normalized spacial score (nSPS) is 14.9. The molecule has 1 fully saturated rings. The summed E-state index contributed by atoms with van der Waals surface area (Å²) in [6.45, 7) is 5.08. The van der Waals surface area contributed by atoms with Crippen LogP contribution in [0, 0.1) is 0 Å². The molecule has 1 amide bonds. The Morgan fingerprint density at radius 2 is 1.73 bits per heavy atom. The minimum Gasteiger partial charge on any atom is -0.508 e. The Balaban J connectivity index is 1.49. The van der Waals surface area contributed by atoms with Gasteiger partial charge in [-0.25, -0.2) is 0 Å². The fourth-order valence-corrected chi connectivity index (χ4v) is 3.05. The molecule has 0 saturated carbocycles. The van der Waals surface area contributed by atoms with Gasteiger partial charge in [0.25, 0.3) is 0 Å². The van der Waals surface area contributed by atoms with Crippen molar-refractivity contribution >= 4 is 23.1 Å². The van der Waals surface area contributed by atoms with E-state index in [4.69, 9.17) is 0 Å². The lowest BCUT2D eigenvalue weighted by Gasteiger charge is -2.35. The van der Waals surface area contributed by atoms with E-state index in [-0.39, 0.29) is 17.4 Å². The molecule has 1 aliphatic heterocycles. The summed E-state index contributed by atoms with van der Waals surface area (Å²) in [5, 5.41) is 12.2. The van der Waals surface area contributed by atoms with Crippen molar-refractivity contribution < 1.29 is 14.7 Å². The number of rotatable bonds is 5. The van der Waals surface area contributed by atoms with Gasteiger partial charge >= 0.3 is 0 Å². The molecule has 3 rings (SSSR count). The summed E-state index contributed by atoms with van der Waals surface area (Å²) in [5.74, 6) is 0.160. The Labute approximate surface area is 153 Å². The highest BCUT2D eigenvalue weighted by Crippen LogP contribution is 2.19. The smallest absolute Gasteiger partial charge is 0.238 e. The highest BCUT2D eigenvalue weighted by Gasteiger charge is 2.19. The van der Waals surface area contributed by atoms with Crippen LogP contribution in [-0.2, 0) is 4.79 Å². The monoisotopic (exact) mass is 353 g/mol. The van der Waals surface area contributed by atoms with E-state index >= 15 is 0 Å². The van der Waals surface area contributed by atoms with Gasteiger partial charge in [-0.3, -0.25) is 14.5 Å². The van der Waals surface area contributed by atoms with E-state index in [0.29, 0.717) is 17.8 Å². The van der Waals surface area contributed by atoms with Crippen molar-refractivity contribution in [2.75, 3.05) is 42.9 Å². The Kier molecular flexibility index (Phi) is 5.53. The van der Waals surface area contributed by atoms with Crippen LogP contribution in [0.1, 0.15) is 17.3 Å². The van der Waals surface area contributed by atoms with Gasteiger partial charge in [-0.2, -0.15) is 0 Å². The van der Waals surface area contributed by atoms with Crippen molar-refractivity contribution in [1.82, 2.24) is 4.90 Å². The highest BCUT2D eigenvalue weighted by molar-refractivity contribution is 5.97. The molecule has 0 atom stereocenters. The number of phenolic OH excluding ortho intramolecular Hbond substituents is 1. The van der Waals surface area contributed by atoms with Crippen molar-refractivity contribution in [3.8, 4) is 5.75 Å². The quantitative estimate of drug-likeness (QED) is 0.808. The van der Waals surface area contributed by atoms with Crippen LogP contribution in [0.5, 0.6) is 5.75 Å². The number of benzene rings is 2. The maximum Gasteiger partial charge on any atom is 0.238 e. The number of anilines is 2. The summed E-state index contributed by atoms with van der Waals surface area (Å²) in [5.41, 5.74) is 2.31. The first-order valence-electron chi connectivity index (χ1n) is 8.68. The molecule has 0 aliphatic carbocycles. The lowest BCUT2D eigenvalue weighted by Crippen LogP contribution is -2.48. The number of amides is 1. The Morgan fingerprint density at radius 1 is 1.04 bits per heavy atom. The van der Waals surface area contributed by atoms with Crippen LogP contribution >= 0.6 is 0 Å². The third-order valence-electron chi connectivity index (χ3n) is 4.51. The molecular weight excluding hydrogens is 330 g/mol. The molecule has 0 unspecified atom stereocenters. The van der Waals surface area contributed by atoms with Gasteiger partial charge in [0, 0.05) is 43.1 Å². The molecule has 0 spiro atoms. The van der Waals surface area contributed by atoms with Crippen LogP contribution in [0.2, 0.25) is 0 Å². The summed E-state index contributed by atoms with van der Waals surface area (Å²) in [6, 6.07) is 14.2. The molecule has 0 radical (unpaired) electrons. The average Bonchev–Trinajstić information content (AvgIpc) is 2.63. The second-order valence-corrected chi connectivity index (χ2v) is 6.46. The lowest BCUT2D eigenvalue weighted by molar-refractivity contribution is -0.117. The predicted octanol–water partition coefficient (Wildman–Crippen LogP) is 2.36. The summed E-state index contributed by atoms with van der Waals surface area (Å²) in [7, 11) is 0. The number of Topliss-reactive ketones (excluding diaryl/α,β-unsaturated/α-hetero) is 1. The molecule has 0 bridgehead atoms. The maximum atomic E-state index is 12.3. The standard InChI is InChI=1S/C20H23N3O3/c1-15(24)16-3-2-4-17(13-16)21-20(26)14-22-9-11-23(12-10-22)18-5-7-19(25)8-6-18/h2-8,13,25H,9-12,14H2,1H3,(H,21,26). The molecule has 26 heavy (non-hydrogen) atoms. The van der Waals surface area contributed by atoms with Gasteiger partial charge in [0.15, 0.2) is 5.78 Å². The number of hydrogen-bond donors (Lipinski definition) is 2. The molecule has 0 aromatic heterocycles. The number of ketones is 1. The van der Waals surface area contributed by atoms with Crippen molar-refractivity contribution in [2.24, 2.45) is 0 Å². The number of carbonyl (C=O) groups excluding carboxylic acids is 2. The average molecular weight is 353 g/mol. The first-order valence-corrected chi connectivity index (χ1v) is 8.68. The largest absolute Gasteiger partial charge is 0.508 e. The zero-order valence-electron chi connectivity index (χ0n) is 14.8. The van der Waals surface area contributed by atoms with Crippen LogP contribution in [0.4, 0.5) is 11.4 Å². The maximum absolute atomic E-state index is 12.3. The van der Waals surface area contributed by atoms with Gasteiger partial charge in [-0.05, 0) is 43.3 Å². The van der Waals surface area contributed by atoms with Gasteiger partial charge in [0.2, 0.25) is 5.91 Å². The van der Waals surface area contributed by atoms with E-state index in [0.717, 1.165) is 31.9 Å². The minimum absolute atomic E-state index is 0.0218. The summed E-state index contributed by atoms with van der Waals surface area (Å²) < 4.78 is 0. The number of phenols is 1. The number of carbonyl (C=O) groups is 2. The predicted molar refractivity (Wildman–Crippen MR) is 102 cm³/mol. The molecule has 6 nitrogen and oxygen atoms in total. The molecular formula is C20H23N3O3. The molecule has 1 heterocycles. The van der Waals surface area contributed by atoms with Crippen LogP contribution in [0.25, 0.3) is 0 Å². The fraction of sp³-hybridized carbons (Fsp3) is 0.300. The van der Waals surface area contributed by atoms with E-state index < -0.39 is 0 Å². The van der Waals surface area contributed by atoms with Crippen LogP contribution in [0.15, 0.2) is 48.5 Å². The van der Waals surface area contributed by atoms with Crippen LogP contribution in [0.3, 0.4) is 0 Å². The van der Waals surface area contributed by atoms with Gasteiger partial charge in [0.05, 0.1) is 6.54 Å². The van der Waals surface area contributed by atoms with E-state index in [9.17, 15) is 14.7 Å². The van der Waals surface area contributed by atoms with Crippen molar-refractivity contribution in [1.29, 1.82) is 0 Å².